The molecule has 2 fully saturated rings. The molecule has 196 valence electrons. The fraction of sp³-hybridized carbons (Fsp3) is 0.586. The minimum absolute atomic E-state index is 0.212. The van der Waals surface area contributed by atoms with Crippen molar-refractivity contribution in [2.75, 3.05) is 26.2 Å². The summed E-state index contributed by atoms with van der Waals surface area (Å²) in [6, 6.07) is 13.3. The van der Waals surface area contributed by atoms with Gasteiger partial charge in [-0.2, -0.15) is 13.2 Å². The van der Waals surface area contributed by atoms with E-state index < -0.39 is 11.7 Å². The zero-order valence-corrected chi connectivity index (χ0v) is 22.6. The van der Waals surface area contributed by atoms with Crippen LogP contribution in [-0.4, -0.2) is 31.1 Å². The van der Waals surface area contributed by atoms with Gasteiger partial charge in [0.05, 0.1) is 12.2 Å². The first kappa shape index (κ1) is 29.5. The number of hydrogen-bond donors (Lipinski definition) is 0. The van der Waals surface area contributed by atoms with Gasteiger partial charge in [-0.1, -0.05) is 64.8 Å². The van der Waals surface area contributed by atoms with E-state index in [1.807, 2.05) is 39.8 Å². The molecule has 1 unspecified atom stereocenters. The van der Waals surface area contributed by atoms with Gasteiger partial charge in [-0.3, -0.25) is 0 Å². The molecule has 0 bridgehead atoms. The Morgan fingerprint density at radius 2 is 1.57 bits per heavy atom. The molecule has 0 radical (unpaired) electrons. The van der Waals surface area contributed by atoms with E-state index >= 15 is 0 Å². The second-order valence-corrected chi connectivity index (χ2v) is 9.67. The summed E-state index contributed by atoms with van der Waals surface area (Å²) in [4.78, 5) is 2.55. The van der Waals surface area contributed by atoms with Crippen molar-refractivity contribution in [1.82, 2.24) is 4.90 Å². The Hall–Kier alpha value is -1.72. The van der Waals surface area contributed by atoms with Crippen molar-refractivity contribution in [1.29, 1.82) is 0 Å². The SMILES string of the molecule is CC.CC.C[C@H]1CCN(CC2(c3ccc(Cl)cc3)CCC2)CC1COc1ccc(C(F)(F)F)cc1. The molecule has 2 aromatic rings. The van der Waals surface area contributed by atoms with E-state index in [1.165, 1.54) is 37.0 Å². The number of alkyl halides is 3. The molecule has 2 atom stereocenters. The smallest absolute Gasteiger partial charge is 0.416 e. The monoisotopic (exact) mass is 511 g/mol. The normalized spacial score (nSPS) is 21.5. The highest BCUT2D eigenvalue weighted by Crippen LogP contribution is 2.45. The fourth-order valence-electron chi connectivity index (χ4n) is 4.90. The molecule has 2 aromatic carbocycles. The largest absolute Gasteiger partial charge is 0.493 e. The zero-order chi connectivity index (χ0) is 26.1. The van der Waals surface area contributed by atoms with Crippen LogP contribution in [0.4, 0.5) is 13.2 Å². The lowest BCUT2D eigenvalue weighted by molar-refractivity contribution is -0.137. The number of hydrogen-bond acceptors (Lipinski definition) is 2. The Balaban J connectivity index is 0.00000103. The van der Waals surface area contributed by atoms with Gasteiger partial charge < -0.3 is 9.64 Å². The van der Waals surface area contributed by atoms with Crippen LogP contribution in [0.3, 0.4) is 0 Å². The van der Waals surface area contributed by atoms with Gasteiger partial charge in [-0.15, -0.1) is 0 Å². The van der Waals surface area contributed by atoms with Crippen molar-refractivity contribution in [3.63, 3.8) is 0 Å². The van der Waals surface area contributed by atoms with Gasteiger partial charge in [0.2, 0.25) is 0 Å². The van der Waals surface area contributed by atoms with Crippen LogP contribution in [0.1, 0.15) is 71.4 Å². The second-order valence-electron chi connectivity index (χ2n) is 9.24. The maximum absolute atomic E-state index is 12.7. The number of nitrogens with zero attached hydrogens (tertiary/aromatic N) is 1. The van der Waals surface area contributed by atoms with E-state index in [0.717, 1.165) is 43.2 Å². The fourth-order valence-corrected chi connectivity index (χ4v) is 5.03. The first-order valence-corrected chi connectivity index (χ1v) is 13.4. The van der Waals surface area contributed by atoms with Crippen LogP contribution in [0.5, 0.6) is 5.75 Å². The summed E-state index contributed by atoms with van der Waals surface area (Å²) >= 11 is 6.09. The van der Waals surface area contributed by atoms with Crippen LogP contribution in [0.2, 0.25) is 5.02 Å². The zero-order valence-electron chi connectivity index (χ0n) is 21.8. The summed E-state index contributed by atoms with van der Waals surface area (Å²) in [7, 11) is 0. The molecule has 2 nitrogen and oxygen atoms in total. The molecule has 1 saturated carbocycles. The average molecular weight is 512 g/mol. The van der Waals surface area contributed by atoms with Gasteiger partial charge in [-0.25, -0.2) is 0 Å². The van der Waals surface area contributed by atoms with E-state index in [4.69, 9.17) is 16.3 Å². The number of ether oxygens (including phenoxy) is 1. The average Bonchev–Trinajstić information content (AvgIpc) is 2.84. The molecule has 1 aliphatic carbocycles. The van der Waals surface area contributed by atoms with Gasteiger partial charge in [0, 0.05) is 29.4 Å². The number of piperidine rings is 1. The molecule has 0 N–H and O–H groups in total. The van der Waals surface area contributed by atoms with Gasteiger partial charge in [0.25, 0.3) is 0 Å². The summed E-state index contributed by atoms with van der Waals surface area (Å²) < 4.78 is 44.1. The number of likely N-dealkylation sites (tertiary alicyclic amines) is 1. The van der Waals surface area contributed by atoms with Crippen molar-refractivity contribution < 1.29 is 17.9 Å². The van der Waals surface area contributed by atoms with Gasteiger partial charge in [0.15, 0.2) is 0 Å². The van der Waals surface area contributed by atoms with Crippen LogP contribution in [-0.2, 0) is 11.6 Å². The minimum Gasteiger partial charge on any atom is -0.493 e. The molecule has 1 aliphatic heterocycles. The lowest BCUT2D eigenvalue weighted by Crippen LogP contribution is -2.50. The number of halogens is 4. The Labute approximate surface area is 214 Å². The van der Waals surface area contributed by atoms with Crippen molar-refractivity contribution in [3.8, 4) is 5.75 Å². The standard InChI is InChI=1S/C25H29ClF3NO.2C2H6/c1-18-11-14-30(17-24(12-2-13-24)20-3-7-22(26)8-4-20)15-19(18)16-31-23-9-5-21(6-10-23)25(27,28)29;2*1-2/h3-10,18-19H,2,11-17H2,1H3;2*1-2H3/t18-,19?;;/m0../s1. The topological polar surface area (TPSA) is 12.5 Å². The van der Waals surface area contributed by atoms with Crippen molar-refractivity contribution >= 4 is 11.6 Å². The third-order valence-corrected chi connectivity index (χ3v) is 7.39. The summed E-state index contributed by atoms with van der Waals surface area (Å²) in [5.41, 5.74) is 0.939. The van der Waals surface area contributed by atoms with Gasteiger partial charge >= 0.3 is 6.18 Å². The lowest BCUT2D eigenvalue weighted by atomic mass is 9.64. The molecule has 4 rings (SSSR count). The predicted octanol–water partition coefficient (Wildman–Crippen LogP) is 8.87. The molecule has 1 heterocycles. The van der Waals surface area contributed by atoms with E-state index in [1.54, 1.807) is 0 Å². The minimum atomic E-state index is -4.32. The molecule has 6 heteroatoms. The molecular weight excluding hydrogens is 471 g/mol. The Bertz CT molecular complexity index is 863. The summed E-state index contributed by atoms with van der Waals surface area (Å²) in [5.74, 6) is 1.38. The summed E-state index contributed by atoms with van der Waals surface area (Å²) in [5, 5.41) is 0.769. The van der Waals surface area contributed by atoms with Crippen LogP contribution in [0.25, 0.3) is 0 Å². The van der Waals surface area contributed by atoms with E-state index in [-0.39, 0.29) is 5.41 Å². The Kier molecular flexibility index (Phi) is 11.4. The maximum atomic E-state index is 12.7. The Morgan fingerprint density at radius 1 is 0.971 bits per heavy atom. The summed E-state index contributed by atoms with van der Waals surface area (Å²) in [6.07, 6.45) is 0.449. The molecule has 0 spiro atoms. The van der Waals surface area contributed by atoms with Gasteiger partial charge in [-0.05, 0) is 73.7 Å². The highest BCUT2D eigenvalue weighted by molar-refractivity contribution is 6.30. The molecule has 35 heavy (non-hydrogen) atoms. The lowest BCUT2D eigenvalue weighted by Gasteiger charge is -2.48. The first-order valence-electron chi connectivity index (χ1n) is 13.0. The van der Waals surface area contributed by atoms with Crippen LogP contribution in [0.15, 0.2) is 48.5 Å². The van der Waals surface area contributed by atoms with E-state index in [9.17, 15) is 13.2 Å². The highest BCUT2D eigenvalue weighted by Gasteiger charge is 2.41. The maximum Gasteiger partial charge on any atom is 0.416 e. The molecule has 0 aromatic heterocycles. The van der Waals surface area contributed by atoms with Crippen molar-refractivity contribution in [2.45, 2.75) is 71.9 Å². The van der Waals surface area contributed by atoms with Crippen molar-refractivity contribution in [2.24, 2.45) is 11.8 Å². The van der Waals surface area contributed by atoms with Crippen LogP contribution < -0.4 is 4.74 Å². The molecule has 1 saturated heterocycles. The molecule has 2 aliphatic rings. The predicted molar refractivity (Wildman–Crippen MR) is 140 cm³/mol. The van der Waals surface area contributed by atoms with Gasteiger partial charge in [0.1, 0.15) is 5.75 Å². The van der Waals surface area contributed by atoms with E-state index in [2.05, 4.69) is 24.0 Å². The quantitative estimate of drug-likeness (QED) is 0.384. The second kappa shape index (κ2) is 13.5. The van der Waals surface area contributed by atoms with Crippen LogP contribution >= 0.6 is 11.6 Å². The van der Waals surface area contributed by atoms with Crippen molar-refractivity contribution in [3.05, 3.63) is 64.7 Å². The van der Waals surface area contributed by atoms with E-state index in [0.29, 0.717) is 24.2 Å². The molecular formula is C29H41ClF3NO. The first-order chi connectivity index (χ1) is 16.7. The Morgan fingerprint density at radius 3 is 2.09 bits per heavy atom. The summed E-state index contributed by atoms with van der Waals surface area (Å²) in [6.45, 7) is 13.8. The number of benzene rings is 2. The third-order valence-electron chi connectivity index (χ3n) is 7.14. The molecule has 0 amide bonds. The van der Waals surface area contributed by atoms with Crippen LogP contribution in [0, 0.1) is 11.8 Å². The number of rotatable bonds is 6. The highest BCUT2D eigenvalue weighted by atomic mass is 35.5. The third kappa shape index (κ3) is 7.88.